The fourth-order valence-electron chi connectivity index (χ4n) is 11.0. The van der Waals surface area contributed by atoms with Gasteiger partial charge in [-0.2, -0.15) is 0 Å². The molecule has 0 unspecified atom stereocenters. The van der Waals surface area contributed by atoms with Gasteiger partial charge in [0.2, 0.25) is 0 Å². The number of rotatable bonds is 8. The largest absolute Gasteiger partial charge is 0.310 e. The van der Waals surface area contributed by atoms with Crippen molar-refractivity contribution in [1.29, 1.82) is 0 Å². The van der Waals surface area contributed by atoms with Gasteiger partial charge in [0.1, 0.15) is 0 Å². The maximum absolute atomic E-state index is 2.46. The van der Waals surface area contributed by atoms with Gasteiger partial charge in [-0.05, 0) is 131 Å². The van der Waals surface area contributed by atoms with Gasteiger partial charge >= 0.3 is 0 Å². The molecule has 0 aliphatic heterocycles. The molecular weight excluding hydrogens is 783 g/mol. The van der Waals surface area contributed by atoms with E-state index in [1.165, 1.54) is 89.0 Å². The molecule has 0 N–H and O–H groups in total. The molecule has 0 saturated heterocycles. The Balaban J connectivity index is 0.989. The maximum atomic E-state index is 2.46. The van der Waals surface area contributed by atoms with E-state index in [1.54, 1.807) is 0 Å². The normalized spacial score (nSPS) is 13.6. The highest BCUT2D eigenvalue weighted by Gasteiger charge is 2.46. The van der Waals surface area contributed by atoms with Crippen LogP contribution in [-0.2, 0) is 10.8 Å². The Bertz CT molecular complexity index is 3310. The predicted molar refractivity (Wildman–Crippen MR) is 272 cm³/mol. The van der Waals surface area contributed by atoms with Crippen molar-refractivity contribution in [3.05, 3.63) is 282 Å². The highest BCUT2D eigenvalue weighted by atomic mass is 15.1. The Morgan fingerprint density at radius 2 is 0.631 bits per heavy atom. The van der Waals surface area contributed by atoms with Crippen LogP contribution in [0.2, 0.25) is 0 Å². The Kier molecular flexibility index (Phi) is 9.14. The third kappa shape index (κ3) is 6.22. The van der Waals surface area contributed by atoms with Crippen molar-refractivity contribution in [2.45, 2.75) is 24.7 Å². The van der Waals surface area contributed by atoms with Crippen LogP contribution >= 0.6 is 0 Å². The quantitative estimate of drug-likeness (QED) is 0.147. The molecule has 2 aliphatic carbocycles. The fourth-order valence-corrected chi connectivity index (χ4v) is 11.0. The van der Waals surface area contributed by atoms with Gasteiger partial charge in [0, 0.05) is 22.5 Å². The van der Waals surface area contributed by atoms with Crippen LogP contribution in [0.3, 0.4) is 0 Å². The second-order valence-electron chi connectivity index (χ2n) is 18.1. The number of fused-ring (bicyclic) bond motifs is 6. The van der Waals surface area contributed by atoms with Gasteiger partial charge in [0.25, 0.3) is 0 Å². The molecule has 0 bridgehead atoms. The average Bonchev–Trinajstić information content (AvgIpc) is 3.80. The zero-order valence-corrected chi connectivity index (χ0v) is 36.6. The number of nitrogens with zero attached hydrogens (tertiary/aromatic N) is 1. The van der Waals surface area contributed by atoms with Crippen molar-refractivity contribution >= 4 is 17.1 Å². The predicted octanol–water partition coefficient (Wildman–Crippen LogP) is 16.8. The van der Waals surface area contributed by atoms with E-state index >= 15 is 0 Å². The number of benzene rings is 10. The minimum atomic E-state index is -0.503. The number of hydrogen-bond acceptors (Lipinski definition) is 1. The summed E-state index contributed by atoms with van der Waals surface area (Å²) in [5, 5.41) is 0. The molecule has 10 aromatic carbocycles. The molecule has 1 nitrogen and oxygen atoms in total. The Hall–Kier alpha value is -8.00. The lowest BCUT2D eigenvalue weighted by Gasteiger charge is -2.35. The minimum Gasteiger partial charge on any atom is -0.310 e. The van der Waals surface area contributed by atoms with E-state index in [1.807, 2.05) is 0 Å². The standard InChI is InChI=1S/C64H47N/c1-63(2)59-24-14-12-22-55(59)57-40-34-49(42-61(57)63)48-32-37-53(38-33-48)65(52-35-30-47(31-36-52)46-28-26-45(27-29-46)44-16-6-3-7-17-44)54-39-41-58-56-23-13-15-25-60(56)64(62(58)43-54,50-18-8-4-9-19-50)51-20-10-5-11-21-51/h3-43H,1-2H3. The van der Waals surface area contributed by atoms with Gasteiger partial charge < -0.3 is 4.90 Å². The van der Waals surface area contributed by atoms with Crippen LogP contribution in [-0.4, -0.2) is 0 Å². The first-order chi connectivity index (χ1) is 32.0. The summed E-state index contributed by atoms with van der Waals surface area (Å²) in [5.74, 6) is 0. The molecule has 65 heavy (non-hydrogen) atoms. The van der Waals surface area contributed by atoms with Crippen molar-refractivity contribution in [3.63, 3.8) is 0 Å². The Morgan fingerprint density at radius 1 is 0.262 bits per heavy atom. The monoisotopic (exact) mass is 829 g/mol. The summed E-state index contributed by atoms with van der Waals surface area (Å²) >= 11 is 0. The van der Waals surface area contributed by atoms with Crippen LogP contribution < -0.4 is 4.90 Å². The first-order valence-corrected chi connectivity index (χ1v) is 22.7. The van der Waals surface area contributed by atoms with Crippen LogP contribution in [0.1, 0.15) is 47.2 Å². The molecule has 0 heterocycles. The molecule has 308 valence electrons. The highest BCUT2D eigenvalue weighted by Crippen LogP contribution is 2.57. The molecule has 0 saturated carbocycles. The summed E-state index contributed by atoms with van der Waals surface area (Å²) in [7, 11) is 0. The van der Waals surface area contributed by atoms with E-state index < -0.39 is 5.41 Å². The summed E-state index contributed by atoms with van der Waals surface area (Å²) < 4.78 is 0. The van der Waals surface area contributed by atoms with E-state index in [2.05, 4.69) is 267 Å². The number of anilines is 3. The van der Waals surface area contributed by atoms with Gasteiger partial charge in [-0.25, -0.2) is 0 Å². The van der Waals surface area contributed by atoms with Crippen LogP contribution in [0.5, 0.6) is 0 Å². The molecule has 0 amide bonds. The van der Waals surface area contributed by atoms with E-state index in [-0.39, 0.29) is 5.41 Å². The summed E-state index contributed by atoms with van der Waals surface area (Å²) in [5.41, 5.74) is 23.1. The van der Waals surface area contributed by atoms with E-state index in [0.717, 1.165) is 17.1 Å². The Labute approximate surface area is 382 Å². The van der Waals surface area contributed by atoms with Crippen molar-refractivity contribution in [1.82, 2.24) is 0 Å². The first kappa shape index (κ1) is 38.7. The van der Waals surface area contributed by atoms with Crippen LogP contribution in [0.15, 0.2) is 249 Å². The second kappa shape index (κ2) is 15.4. The van der Waals surface area contributed by atoms with Crippen molar-refractivity contribution in [2.24, 2.45) is 0 Å². The fraction of sp³-hybridized carbons (Fsp3) is 0.0625. The molecule has 10 aromatic rings. The molecule has 12 rings (SSSR count). The zero-order valence-electron chi connectivity index (χ0n) is 36.6. The van der Waals surface area contributed by atoms with Crippen molar-refractivity contribution in [2.75, 3.05) is 4.90 Å². The lowest BCUT2D eigenvalue weighted by atomic mass is 9.67. The van der Waals surface area contributed by atoms with Crippen LogP contribution in [0, 0.1) is 0 Å². The van der Waals surface area contributed by atoms with E-state index in [9.17, 15) is 0 Å². The SMILES string of the molecule is CC1(C)c2ccccc2-c2ccc(-c3ccc(N(c4ccc(-c5ccc(-c6ccccc6)cc5)cc4)c4ccc5c(c4)C(c4ccccc4)(c4ccccc4)c4ccccc4-5)cc3)cc21. The second-order valence-corrected chi connectivity index (χ2v) is 18.1. The van der Waals surface area contributed by atoms with Crippen LogP contribution in [0.4, 0.5) is 17.1 Å². The highest BCUT2D eigenvalue weighted by molar-refractivity contribution is 5.90. The molecular formula is C64H47N. The minimum absolute atomic E-state index is 0.0588. The Morgan fingerprint density at radius 3 is 1.20 bits per heavy atom. The summed E-state index contributed by atoms with van der Waals surface area (Å²) in [6, 6.07) is 91.9. The molecule has 0 fully saturated rings. The molecule has 0 atom stereocenters. The third-order valence-electron chi connectivity index (χ3n) is 14.2. The molecule has 0 radical (unpaired) electrons. The van der Waals surface area contributed by atoms with E-state index in [4.69, 9.17) is 0 Å². The summed E-state index contributed by atoms with van der Waals surface area (Å²) in [6.45, 7) is 4.71. The van der Waals surface area contributed by atoms with Crippen molar-refractivity contribution in [3.8, 4) is 55.6 Å². The molecule has 0 aromatic heterocycles. The third-order valence-corrected chi connectivity index (χ3v) is 14.2. The maximum Gasteiger partial charge on any atom is 0.0714 e. The van der Waals surface area contributed by atoms with Crippen molar-refractivity contribution < 1.29 is 0 Å². The smallest absolute Gasteiger partial charge is 0.0714 e. The molecule has 1 heteroatoms. The lowest BCUT2D eigenvalue weighted by Crippen LogP contribution is -2.28. The topological polar surface area (TPSA) is 3.24 Å². The average molecular weight is 830 g/mol. The molecule has 0 spiro atoms. The van der Waals surface area contributed by atoms with Gasteiger partial charge in [0.15, 0.2) is 0 Å². The first-order valence-electron chi connectivity index (χ1n) is 22.7. The van der Waals surface area contributed by atoms with Crippen LogP contribution in [0.25, 0.3) is 55.6 Å². The van der Waals surface area contributed by atoms with E-state index in [0.29, 0.717) is 0 Å². The zero-order chi connectivity index (χ0) is 43.5. The van der Waals surface area contributed by atoms with Gasteiger partial charge in [-0.3, -0.25) is 0 Å². The summed E-state index contributed by atoms with van der Waals surface area (Å²) in [6.07, 6.45) is 0. The van der Waals surface area contributed by atoms with Gasteiger partial charge in [-0.15, -0.1) is 0 Å². The molecule has 2 aliphatic rings. The lowest BCUT2D eigenvalue weighted by molar-refractivity contribution is 0.660. The van der Waals surface area contributed by atoms with Gasteiger partial charge in [-0.1, -0.05) is 220 Å². The van der Waals surface area contributed by atoms with Gasteiger partial charge in [0.05, 0.1) is 5.41 Å². The number of hydrogen-bond donors (Lipinski definition) is 0. The summed E-state index contributed by atoms with van der Waals surface area (Å²) in [4.78, 5) is 2.43.